The van der Waals surface area contributed by atoms with Crippen LogP contribution in [0.1, 0.15) is 11.1 Å². The van der Waals surface area contributed by atoms with Crippen LogP contribution in [0.5, 0.6) is 5.75 Å². The second-order valence-electron chi connectivity index (χ2n) is 3.81. The van der Waals surface area contributed by atoms with Gasteiger partial charge in [0.1, 0.15) is 17.3 Å². The maximum atomic E-state index is 13.8. The van der Waals surface area contributed by atoms with Crippen molar-refractivity contribution in [1.82, 2.24) is 4.98 Å². The fraction of sp³-hybridized carbons (Fsp3) is 0.154. The van der Waals surface area contributed by atoms with Crippen molar-refractivity contribution in [3.05, 3.63) is 47.4 Å². The van der Waals surface area contributed by atoms with Gasteiger partial charge in [0.05, 0.1) is 0 Å². The number of hydrogen-bond acceptors (Lipinski definition) is 2. The number of halogens is 1. The Labute approximate surface area is 93.4 Å². The van der Waals surface area contributed by atoms with E-state index in [-0.39, 0.29) is 17.3 Å². The van der Waals surface area contributed by atoms with Gasteiger partial charge in [-0.05, 0) is 43.2 Å². The lowest BCUT2D eigenvalue weighted by molar-refractivity contribution is 0.474. The summed E-state index contributed by atoms with van der Waals surface area (Å²) in [6.45, 7) is 3.64. The molecule has 0 fully saturated rings. The van der Waals surface area contributed by atoms with Crippen LogP contribution in [-0.4, -0.2) is 10.1 Å². The summed E-state index contributed by atoms with van der Waals surface area (Å²) in [5.74, 6) is -0.361. The van der Waals surface area contributed by atoms with Crippen LogP contribution in [0.25, 0.3) is 11.3 Å². The number of hydrogen-bond donors (Lipinski definition) is 1. The van der Waals surface area contributed by atoms with E-state index in [9.17, 15) is 9.50 Å². The average Bonchev–Trinajstić information content (AvgIpc) is 2.19. The number of rotatable bonds is 1. The summed E-state index contributed by atoms with van der Waals surface area (Å²) >= 11 is 0. The Balaban J connectivity index is 2.70. The fourth-order valence-electron chi connectivity index (χ4n) is 1.81. The van der Waals surface area contributed by atoms with Gasteiger partial charge in [-0.1, -0.05) is 6.07 Å². The van der Waals surface area contributed by atoms with E-state index in [0.717, 1.165) is 11.1 Å². The standard InChI is InChI=1S/C13H12FNO/c1-8-6-9(2)12(10(14)7-8)13-11(16)4-3-5-15-13/h3-7,16H,1-2H3. The summed E-state index contributed by atoms with van der Waals surface area (Å²) in [7, 11) is 0. The van der Waals surface area contributed by atoms with Crippen molar-refractivity contribution < 1.29 is 9.50 Å². The first-order chi connectivity index (χ1) is 7.59. The molecular formula is C13H12FNO. The SMILES string of the molecule is Cc1cc(C)c(-c2ncccc2O)c(F)c1. The van der Waals surface area contributed by atoms with Gasteiger partial charge >= 0.3 is 0 Å². The molecule has 16 heavy (non-hydrogen) atoms. The second-order valence-corrected chi connectivity index (χ2v) is 3.81. The van der Waals surface area contributed by atoms with E-state index in [0.29, 0.717) is 5.56 Å². The monoisotopic (exact) mass is 217 g/mol. The van der Waals surface area contributed by atoms with Gasteiger partial charge in [0.15, 0.2) is 0 Å². The molecule has 3 heteroatoms. The Kier molecular flexibility index (Phi) is 2.60. The molecule has 0 bridgehead atoms. The highest BCUT2D eigenvalue weighted by atomic mass is 19.1. The normalized spacial score (nSPS) is 10.4. The van der Waals surface area contributed by atoms with E-state index in [2.05, 4.69) is 4.98 Å². The third-order valence-corrected chi connectivity index (χ3v) is 2.45. The maximum Gasteiger partial charge on any atom is 0.141 e. The minimum atomic E-state index is -0.355. The summed E-state index contributed by atoms with van der Waals surface area (Å²) in [6, 6.07) is 6.42. The number of aryl methyl sites for hydroxylation is 2. The Morgan fingerprint density at radius 3 is 2.62 bits per heavy atom. The molecule has 0 unspecified atom stereocenters. The van der Waals surface area contributed by atoms with E-state index in [1.807, 2.05) is 13.0 Å². The summed E-state index contributed by atoms with van der Waals surface area (Å²) < 4.78 is 13.8. The second kappa shape index (κ2) is 3.93. The number of pyridine rings is 1. The molecule has 0 amide bonds. The van der Waals surface area contributed by atoms with Crippen LogP contribution in [0.2, 0.25) is 0 Å². The number of nitrogens with zero attached hydrogens (tertiary/aromatic N) is 1. The van der Waals surface area contributed by atoms with Crippen molar-refractivity contribution in [3.63, 3.8) is 0 Å². The zero-order chi connectivity index (χ0) is 11.7. The van der Waals surface area contributed by atoms with Crippen molar-refractivity contribution in [2.45, 2.75) is 13.8 Å². The molecule has 0 aliphatic carbocycles. The third-order valence-electron chi connectivity index (χ3n) is 2.45. The van der Waals surface area contributed by atoms with Crippen molar-refractivity contribution in [2.24, 2.45) is 0 Å². The first kappa shape index (κ1) is 10.6. The van der Waals surface area contributed by atoms with Crippen molar-refractivity contribution in [1.29, 1.82) is 0 Å². The van der Waals surface area contributed by atoms with E-state index in [4.69, 9.17) is 0 Å². The molecule has 0 saturated heterocycles. The molecule has 2 rings (SSSR count). The Hall–Kier alpha value is -1.90. The Morgan fingerprint density at radius 1 is 1.25 bits per heavy atom. The minimum absolute atomic E-state index is 0.00615. The largest absolute Gasteiger partial charge is 0.506 e. The van der Waals surface area contributed by atoms with Gasteiger partial charge in [-0.15, -0.1) is 0 Å². The number of aromatic hydroxyl groups is 1. The van der Waals surface area contributed by atoms with Crippen LogP contribution in [0.4, 0.5) is 4.39 Å². The smallest absolute Gasteiger partial charge is 0.141 e. The topological polar surface area (TPSA) is 33.1 Å². The zero-order valence-corrected chi connectivity index (χ0v) is 9.16. The zero-order valence-electron chi connectivity index (χ0n) is 9.16. The van der Waals surface area contributed by atoms with E-state index >= 15 is 0 Å². The molecule has 0 atom stereocenters. The highest BCUT2D eigenvalue weighted by Crippen LogP contribution is 2.31. The number of benzene rings is 1. The van der Waals surface area contributed by atoms with Gasteiger partial charge in [-0.3, -0.25) is 4.98 Å². The predicted molar refractivity (Wildman–Crippen MR) is 60.8 cm³/mol. The van der Waals surface area contributed by atoms with Crippen LogP contribution in [0, 0.1) is 19.7 Å². The Bertz CT molecular complexity index is 514. The molecule has 1 N–H and O–H groups in total. The third kappa shape index (κ3) is 1.76. The molecule has 2 nitrogen and oxygen atoms in total. The van der Waals surface area contributed by atoms with Crippen LogP contribution in [0.3, 0.4) is 0 Å². The lowest BCUT2D eigenvalue weighted by Crippen LogP contribution is -1.93. The molecule has 1 aromatic heterocycles. The average molecular weight is 217 g/mol. The predicted octanol–water partition coefficient (Wildman–Crippen LogP) is 3.21. The summed E-state index contributed by atoms with van der Waals surface area (Å²) in [6.07, 6.45) is 1.54. The van der Waals surface area contributed by atoms with Crippen molar-refractivity contribution in [3.8, 4) is 17.0 Å². The fourth-order valence-corrected chi connectivity index (χ4v) is 1.81. The van der Waals surface area contributed by atoms with Gasteiger partial charge in [-0.25, -0.2) is 4.39 Å². The molecule has 0 saturated carbocycles. The van der Waals surface area contributed by atoms with Crippen molar-refractivity contribution >= 4 is 0 Å². The summed E-state index contributed by atoms with van der Waals surface area (Å²) in [4.78, 5) is 4.01. The van der Waals surface area contributed by atoms with E-state index in [1.54, 1.807) is 13.0 Å². The molecule has 2 aromatic rings. The Morgan fingerprint density at radius 2 is 2.00 bits per heavy atom. The van der Waals surface area contributed by atoms with E-state index < -0.39 is 0 Å². The van der Waals surface area contributed by atoms with Crippen LogP contribution < -0.4 is 0 Å². The van der Waals surface area contributed by atoms with Gasteiger partial charge < -0.3 is 5.11 Å². The van der Waals surface area contributed by atoms with Crippen molar-refractivity contribution in [2.75, 3.05) is 0 Å². The molecule has 1 heterocycles. The molecular weight excluding hydrogens is 205 g/mol. The highest BCUT2D eigenvalue weighted by Gasteiger charge is 2.13. The summed E-state index contributed by atoms with van der Waals surface area (Å²) in [5, 5.41) is 9.65. The summed E-state index contributed by atoms with van der Waals surface area (Å²) in [5.41, 5.74) is 2.28. The molecule has 1 aromatic carbocycles. The molecule has 0 spiro atoms. The quantitative estimate of drug-likeness (QED) is 0.795. The van der Waals surface area contributed by atoms with Crippen LogP contribution in [-0.2, 0) is 0 Å². The lowest BCUT2D eigenvalue weighted by atomic mass is 10.0. The van der Waals surface area contributed by atoms with Crippen LogP contribution in [0.15, 0.2) is 30.5 Å². The maximum absolute atomic E-state index is 13.8. The molecule has 82 valence electrons. The highest BCUT2D eigenvalue weighted by molar-refractivity contribution is 5.69. The van der Waals surface area contributed by atoms with E-state index in [1.165, 1.54) is 18.3 Å². The molecule has 0 aliphatic heterocycles. The van der Waals surface area contributed by atoms with Gasteiger partial charge in [0.2, 0.25) is 0 Å². The minimum Gasteiger partial charge on any atom is -0.506 e. The number of aromatic nitrogens is 1. The molecule has 0 aliphatic rings. The lowest BCUT2D eigenvalue weighted by Gasteiger charge is -2.09. The van der Waals surface area contributed by atoms with Gasteiger partial charge in [-0.2, -0.15) is 0 Å². The molecule has 0 radical (unpaired) electrons. The van der Waals surface area contributed by atoms with Gasteiger partial charge in [0, 0.05) is 11.8 Å². The van der Waals surface area contributed by atoms with Gasteiger partial charge in [0.25, 0.3) is 0 Å². The van der Waals surface area contributed by atoms with Crippen LogP contribution >= 0.6 is 0 Å². The first-order valence-electron chi connectivity index (χ1n) is 5.00. The first-order valence-corrected chi connectivity index (χ1v) is 5.00.